The number of aliphatic hydroxyl groups is 1. The molecule has 1 aromatic heterocycles. The molecule has 1 aromatic rings. The minimum absolute atomic E-state index is 0.169. The molecule has 1 N–H and O–H groups in total. The Morgan fingerprint density at radius 3 is 2.35 bits per heavy atom. The third-order valence-corrected chi connectivity index (χ3v) is 3.44. The summed E-state index contributed by atoms with van der Waals surface area (Å²) in [6, 6.07) is 4.13. The van der Waals surface area contributed by atoms with Crippen molar-refractivity contribution in [1.82, 2.24) is 4.98 Å². The zero-order valence-electron chi connectivity index (χ0n) is 11.7. The Kier molecular flexibility index (Phi) is 4.15. The zero-order chi connectivity index (χ0) is 13.2. The predicted molar refractivity (Wildman–Crippen MR) is 72.2 cm³/mol. The van der Waals surface area contributed by atoms with Gasteiger partial charge in [-0.25, -0.2) is 4.98 Å². The second kappa shape index (κ2) is 5.05. The lowest BCUT2D eigenvalue weighted by Crippen LogP contribution is -2.40. The summed E-state index contributed by atoms with van der Waals surface area (Å²) < 4.78 is 0. The third-order valence-electron chi connectivity index (χ3n) is 3.44. The van der Waals surface area contributed by atoms with Crippen LogP contribution in [0.15, 0.2) is 18.3 Å². The highest BCUT2D eigenvalue weighted by Crippen LogP contribution is 2.30. The first-order chi connectivity index (χ1) is 7.75. The van der Waals surface area contributed by atoms with Gasteiger partial charge in [-0.1, -0.05) is 26.8 Å². The molecule has 2 atom stereocenters. The van der Waals surface area contributed by atoms with Crippen LogP contribution >= 0.6 is 0 Å². The summed E-state index contributed by atoms with van der Waals surface area (Å²) in [6.07, 6.45) is 1.28. The number of rotatable bonds is 3. The van der Waals surface area contributed by atoms with Crippen molar-refractivity contribution >= 4 is 5.82 Å². The number of pyridine rings is 1. The van der Waals surface area contributed by atoms with Gasteiger partial charge in [0.1, 0.15) is 5.82 Å². The van der Waals surface area contributed by atoms with Crippen LogP contribution in [-0.4, -0.2) is 23.2 Å². The molecule has 1 unspecified atom stereocenters. The molecule has 17 heavy (non-hydrogen) atoms. The van der Waals surface area contributed by atoms with Crippen molar-refractivity contribution in [1.29, 1.82) is 0 Å². The lowest BCUT2D eigenvalue weighted by Gasteiger charge is -2.37. The average molecular weight is 236 g/mol. The maximum absolute atomic E-state index is 9.77. The molecule has 3 heteroatoms. The Morgan fingerprint density at radius 2 is 1.88 bits per heavy atom. The van der Waals surface area contributed by atoms with Gasteiger partial charge in [-0.3, -0.25) is 0 Å². The second-order valence-corrected chi connectivity index (χ2v) is 5.75. The molecule has 0 radical (unpaired) electrons. The quantitative estimate of drug-likeness (QED) is 0.876. The van der Waals surface area contributed by atoms with Crippen molar-refractivity contribution in [2.45, 2.75) is 46.8 Å². The Balaban J connectivity index is 3.08. The molecule has 0 aromatic carbocycles. The molecule has 0 spiro atoms. The fraction of sp³-hybridized carbons (Fsp3) is 0.643. The molecule has 3 nitrogen and oxygen atoms in total. The highest BCUT2D eigenvalue weighted by atomic mass is 16.3. The normalized spacial score (nSPS) is 15.5. The van der Waals surface area contributed by atoms with E-state index in [1.54, 1.807) is 13.1 Å². The lowest BCUT2D eigenvalue weighted by molar-refractivity contribution is 0.198. The van der Waals surface area contributed by atoms with E-state index in [0.29, 0.717) is 6.04 Å². The Hall–Kier alpha value is -1.09. The van der Waals surface area contributed by atoms with Gasteiger partial charge in [0, 0.05) is 24.8 Å². The van der Waals surface area contributed by atoms with Crippen LogP contribution in [0, 0.1) is 5.41 Å². The molecule has 0 fully saturated rings. The van der Waals surface area contributed by atoms with Crippen molar-refractivity contribution in [3.8, 4) is 0 Å². The predicted octanol–water partition coefficient (Wildman–Crippen LogP) is 3.01. The molecule has 1 heterocycles. The van der Waals surface area contributed by atoms with Gasteiger partial charge in [0.05, 0.1) is 6.10 Å². The highest BCUT2D eigenvalue weighted by molar-refractivity contribution is 5.48. The Bertz CT molecular complexity index is 369. The molecule has 0 saturated heterocycles. The highest BCUT2D eigenvalue weighted by Gasteiger charge is 2.26. The van der Waals surface area contributed by atoms with E-state index in [4.69, 9.17) is 0 Å². The molecule has 0 bridgehead atoms. The molecule has 0 aliphatic rings. The van der Waals surface area contributed by atoms with Crippen LogP contribution in [0.4, 0.5) is 5.82 Å². The minimum atomic E-state index is -0.492. The van der Waals surface area contributed by atoms with Crippen LogP contribution < -0.4 is 4.90 Å². The lowest BCUT2D eigenvalue weighted by atomic mass is 9.87. The number of hydrogen-bond donors (Lipinski definition) is 1. The molecule has 1 rings (SSSR count). The van der Waals surface area contributed by atoms with Gasteiger partial charge in [-0.2, -0.15) is 0 Å². The Morgan fingerprint density at radius 1 is 1.29 bits per heavy atom. The average Bonchev–Trinajstić information content (AvgIpc) is 2.25. The maximum atomic E-state index is 9.77. The smallest absolute Gasteiger partial charge is 0.134 e. The van der Waals surface area contributed by atoms with Crippen LogP contribution in [-0.2, 0) is 0 Å². The summed E-state index contributed by atoms with van der Waals surface area (Å²) in [4.78, 5) is 6.54. The number of aliphatic hydroxyl groups excluding tert-OH is 1. The molecule has 96 valence electrons. The van der Waals surface area contributed by atoms with Gasteiger partial charge in [0.2, 0.25) is 0 Å². The van der Waals surface area contributed by atoms with E-state index >= 15 is 0 Å². The van der Waals surface area contributed by atoms with Gasteiger partial charge in [-0.05, 0) is 25.3 Å². The van der Waals surface area contributed by atoms with Gasteiger partial charge in [0.25, 0.3) is 0 Å². The third kappa shape index (κ3) is 3.19. The van der Waals surface area contributed by atoms with Crippen LogP contribution in [0.5, 0.6) is 0 Å². The van der Waals surface area contributed by atoms with Gasteiger partial charge in [0.15, 0.2) is 0 Å². The number of nitrogens with zero attached hydrogens (tertiary/aromatic N) is 2. The number of anilines is 1. The minimum Gasteiger partial charge on any atom is -0.389 e. The summed E-state index contributed by atoms with van der Waals surface area (Å²) in [5.41, 5.74) is 1.05. The fourth-order valence-electron chi connectivity index (χ4n) is 1.79. The first kappa shape index (κ1) is 14.0. The van der Waals surface area contributed by atoms with E-state index in [2.05, 4.69) is 37.6 Å². The van der Waals surface area contributed by atoms with Crippen molar-refractivity contribution in [2.75, 3.05) is 11.9 Å². The molecular formula is C14H24N2O. The van der Waals surface area contributed by atoms with Crippen molar-refractivity contribution in [3.63, 3.8) is 0 Å². The molecule has 0 aliphatic heterocycles. The fourth-order valence-corrected chi connectivity index (χ4v) is 1.79. The summed E-state index contributed by atoms with van der Waals surface area (Å²) in [5, 5.41) is 9.77. The van der Waals surface area contributed by atoms with Crippen molar-refractivity contribution < 1.29 is 5.11 Å². The van der Waals surface area contributed by atoms with E-state index in [-0.39, 0.29) is 5.41 Å². The first-order valence-electron chi connectivity index (χ1n) is 6.11. The van der Waals surface area contributed by atoms with Gasteiger partial charge >= 0.3 is 0 Å². The molecular weight excluding hydrogens is 212 g/mol. The first-order valence-corrected chi connectivity index (χ1v) is 6.11. The second-order valence-electron chi connectivity index (χ2n) is 5.75. The van der Waals surface area contributed by atoms with E-state index in [0.717, 1.165) is 11.4 Å². The summed E-state index contributed by atoms with van der Waals surface area (Å²) in [6.45, 7) is 10.6. The van der Waals surface area contributed by atoms with Crippen LogP contribution in [0.1, 0.15) is 46.3 Å². The zero-order valence-corrected chi connectivity index (χ0v) is 11.7. The topological polar surface area (TPSA) is 36.4 Å². The summed E-state index contributed by atoms with van der Waals surface area (Å²) >= 11 is 0. The van der Waals surface area contributed by atoms with Gasteiger partial charge in [-0.15, -0.1) is 0 Å². The van der Waals surface area contributed by atoms with E-state index in [9.17, 15) is 5.11 Å². The Labute approximate surface area is 104 Å². The van der Waals surface area contributed by atoms with E-state index in [1.807, 2.05) is 19.2 Å². The van der Waals surface area contributed by atoms with Crippen LogP contribution in [0.2, 0.25) is 0 Å². The standard InChI is InChI=1S/C14H24N2O/c1-10(17)12-8-7-9-15-13(12)16(6)11(2)14(3,4)5/h7-11,17H,1-6H3/t10-,11?/m1/s1. The van der Waals surface area contributed by atoms with Crippen LogP contribution in [0.25, 0.3) is 0 Å². The van der Waals surface area contributed by atoms with Crippen LogP contribution in [0.3, 0.4) is 0 Å². The molecule has 0 saturated carbocycles. The van der Waals surface area contributed by atoms with Gasteiger partial charge < -0.3 is 10.0 Å². The monoisotopic (exact) mass is 236 g/mol. The van der Waals surface area contributed by atoms with Crippen molar-refractivity contribution in [2.24, 2.45) is 5.41 Å². The van der Waals surface area contributed by atoms with Crippen molar-refractivity contribution in [3.05, 3.63) is 23.9 Å². The number of aromatic nitrogens is 1. The number of hydrogen-bond acceptors (Lipinski definition) is 3. The SMILES string of the molecule is CC(N(C)c1ncccc1[C@@H](C)O)C(C)(C)C. The summed E-state index contributed by atoms with van der Waals surface area (Å²) in [7, 11) is 2.03. The van der Waals surface area contributed by atoms with E-state index < -0.39 is 6.10 Å². The largest absolute Gasteiger partial charge is 0.389 e. The molecule has 0 aliphatic carbocycles. The molecule has 0 amide bonds. The maximum Gasteiger partial charge on any atom is 0.134 e. The van der Waals surface area contributed by atoms with E-state index in [1.165, 1.54) is 0 Å². The summed E-state index contributed by atoms with van der Waals surface area (Å²) in [5.74, 6) is 0.866.